The van der Waals surface area contributed by atoms with Crippen LogP contribution in [-0.4, -0.2) is 31.7 Å². The summed E-state index contributed by atoms with van der Waals surface area (Å²) in [5.74, 6) is 0.569. The standard InChI is InChI=1S/C11H16N2O3/c1-13(15-2)11(14)7-8-16-10-5-3-9(12)4-6-10/h3-6H,7-8,12H2,1-2H3. The van der Waals surface area contributed by atoms with Crippen LogP contribution in [0.5, 0.6) is 5.75 Å². The number of carbonyl (C=O) groups is 1. The first-order valence-corrected chi connectivity index (χ1v) is 4.92. The van der Waals surface area contributed by atoms with Gasteiger partial charge >= 0.3 is 0 Å². The molecule has 0 bridgehead atoms. The van der Waals surface area contributed by atoms with Crippen LogP contribution in [0.25, 0.3) is 0 Å². The summed E-state index contributed by atoms with van der Waals surface area (Å²) >= 11 is 0. The molecule has 0 heterocycles. The number of nitrogens with zero attached hydrogens (tertiary/aromatic N) is 1. The van der Waals surface area contributed by atoms with Gasteiger partial charge in [0.1, 0.15) is 5.75 Å². The van der Waals surface area contributed by atoms with Crippen LogP contribution in [0.15, 0.2) is 24.3 Å². The van der Waals surface area contributed by atoms with E-state index in [2.05, 4.69) is 0 Å². The van der Waals surface area contributed by atoms with Crippen molar-refractivity contribution in [2.45, 2.75) is 6.42 Å². The number of hydroxylamine groups is 2. The first-order chi connectivity index (χ1) is 7.63. The molecular formula is C11H16N2O3. The Kier molecular flexibility index (Phi) is 4.60. The van der Waals surface area contributed by atoms with Gasteiger partial charge in [-0.25, -0.2) is 5.06 Å². The molecule has 88 valence electrons. The van der Waals surface area contributed by atoms with Crippen LogP contribution in [0.3, 0.4) is 0 Å². The summed E-state index contributed by atoms with van der Waals surface area (Å²) in [6.07, 6.45) is 0.273. The molecule has 1 rings (SSSR count). The number of benzene rings is 1. The Balaban J connectivity index is 2.30. The number of hydrogen-bond acceptors (Lipinski definition) is 4. The van der Waals surface area contributed by atoms with Crippen molar-refractivity contribution in [3.63, 3.8) is 0 Å². The van der Waals surface area contributed by atoms with E-state index in [0.29, 0.717) is 18.0 Å². The summed E-state index contributed by atoms with van der Waals surface area (Å²) in [7, 11) is 3.00. The second-order valence-corrected chi connectivity index (χ2v) is 3.24. The highest BCUT2D eigenvalue weighted by Crippen LogP contribution is 2.13. The quantitative estimate of drug-likeness (QED) is 0.600. The molecule has 0 aromatic heterocycles. The minimum absolute atomic E-state index is 0.127. The Labute approximate surface area is 94.7 Å². The Hall–Kier alpha value is -1.75. The van der Waals surface area contributed by atoms with Gasteiger partial charge in [0, 0.05) is 12.7 Å². The molecule has 1 aromatic carbocycles. The summed E-state index contributed by atoms with van der Waals surface area (Å²) in [6.45, 7) is 0.316. The number of hydrogen-bond donors (Lipinski definition) is 1. The molecule has 5 heteroatoms. The number of rotatable bonds is 5. The topological polar surface area (TPSA) is 64.8 Å². The van der Waals surface area contributed by atoms with Crippen molar-refractivity contribution in [2.24, 2.45) is 0 Å². The summed E-state index contributed by atoms with van der Waals surface area (Å²) in [5.41, 5.74) is 6.21. The van der Waals surface area contributed by atoms with Crippen molar-refractivity contribution >= 4 is 11.6 Å². The Bertz CT molecular complexity index is 338. The molecule has 2 N–H and O–H groups in total. The second kappa shape index (κ2) is 5.97. The van der Waals surface area contributed by atoms with E-state index in [4.69, 9.17) is 15.3 Å². The van der Waals surface area contributed by atoms with Crippen molar-refractivity contribution < 1.29 is 14.4 Å². The summed E-state index contributed by atoms with van der Waals surface area (Å²) in [5, 5.41) is 1.17. The lowest BCUT2D eigenvalue weighted by molar-refractivity contribution is -0.169. The maximum atomic E-state index is 11.3. The van der Waals surface area contributed by atoms with E-state index in [-0.39, 0.29) is 12.3 Å². The molecule has 0 aliphatic carbocycles. The normalized spacial score (nSPS) is 9.88. The lowest BCUT2D eigenvalue weighted by Gasteiger charge is -2.13. The monoisotopic (exact) mass is 224 g/mol. The van der Waals surface area contributed by atoms with E-state index >= 15 is 0 Å². The molecule has 1 aromatic rings. The van der Waals surface area contributed by atoms with E-state index in [0.717, 1.165) is 0 Å². The molecular weight excluding hydrogens is 208 g/mol. The maximum Gasteiger partial charge on any atom is 0.249 e. The smallest absolute Gasteiger partial charge is 0.249 e. The Morgan fingerprint density at radius 2 is 2.00 bits per heavy atom. The SMILES string of the molecule is CON(C)C(=O)CCOc1ccc(N)cc1. The molecule has 0 unspecified atom stereocenters. The van der Waals surface area contributed by atoms with E-state index in [1.54, 1.807) is 31.3 Å². The molecule has 0 atom stereocenters. The lowest BCUT2D eigenvalue weighted by atomic mass is 10.3. The summed E-state index contributed by atoms with van der Waals surface area (Å²) in [6, 6.07) is 7.02. The molecule has 0 aliphatic heterocycles. The van der Waals surface area contributed by atoms with Gasteiger partial charge in [0.15, 0.2) is 0 Å². The third-order valence-electron chi connectivity index (χ3n) is 2.09. The number of nitrogens with two attached hydrogens (primary N) is 1. The largest absolute Gasteiger partial charge is 0.493 e. The average Bonchev–Trinajstić information content (AvgIpc) is 2.30. The first-order valence-electron chi connectivity index (χ1n) is 4.92. The van der Waals surface area contributed by atoms with Crippen LogP contribution >= 0.6 is 0 Å². The van der Waals surface area contributed by atoms with Crippen molar-refractivity contribution in [1.82, 2.24) is 5.06 Å². The Morgan fingerprint density at radius 1 is 1.38 bits per heavy atom. The van der Waals surface area contributed by atoms with Gasteiger partial charge in [-0.2, -0.15) is 0 Å². The number of nitrogen functional groups attached to an aromatic ring is 1. The van der Waals surface area contributed by atoms with Gasteiger partial charge in [-0.3, -0.25) is 9.63 Å². The van der Waals surface area contributed by atoms with Gasteiger partial charge in [0.25, 0.3) is 0 Å². The summed E-state index contributed by atoms with van der Waals surface area (Å²) < 4.78 is 5.37. The van der Waals surface area contributed by atoms with E-state index in [1.165, 1.54) is 12.2 Å². The number of carbonyl (C=O) groups excluding carboxylic acids is 1. The average molecular weight is 224 g/mol. The molecule has 16 heavy (non-hydrogen) atoms. The van der Waals surface area contributed by atoms with E-state index < -0.39 is 0 Å². The molecule has 0 saturated carbocycles. The first kappa shape index (κ1) is 12.3. The second-order valence-electron chi connectivity index (χ2n) is 3.24. The fourth-order valence-corrected chi connectivity index (χ4v) is 1.08. The molecule has 0 fully saturated rings. The van der Waals surface area contributed by atoms with Crippen LogP contribution in [-0.2, 0) is 9.63 Å². The predicted molar refractivity (Wildman–Crippen MR) is 60.7 cm³/mol. The number of ether oxygens (including phenoxy) is 1. The van der Waals surface area contributed by atoms with Crippen molar-refractivity contribution in [1.29, 1.82) is 0 Å². The molecule has 0 spiro atoms. The van der Waals surface area contributed by atoms with Crippen LogP contribution in [0.4, 0.5) is 5.69 Å². The predicted octanol–water partition coefficient (Wildman–Crippen LogP) is 1.06. The molecule has 0 saturated heterocycles. The zero-order valence-electron chi connectivity index (χ0n) is 9.47. The van der Waals surface area contributed by atoms with Gasteiger partial charge in [-0.1, -0.05) is 0 Å². The van der Waals surface area contributed by atoms with Crippen molar-refractivity contribution in [3.8, 4) is 5.75 Å². The molecule has 1 amide bonds. The highest BCUT2D eigenvalue weighted by molar-refractivity contribution is 5.74. The zero-order chi connectivity index (χ0) is 12.0. The molecule has 0 radical (unpaired) electrons. The summed E-state index contributed by atoms with van der Waals surface area (Å²) in [4.78, 5) is 16.1. The van der Waals surface area contributed by atoms with Crippen LogP contribution in [0.2, 0.25) is 0 Å². The highest BCUT2D eigenvalue weighted by Gasteiger charge is 2.07. The van der Waals surface area contributed by atoms with E-state index in [9.17, 15) is 4.79 Å². The maximum absolute atomic E-state index is 11.3. The van der Waals surface area contributed by atoms with Crippen LogP contribution in [0.1, 0.15) is 6.42 Å². The third kappa shape index (κ3) is 3.78. The third-order valence-corrected chi connectivity index (χ3v) is 2.09. The van der Waals surface area contributed by atoms with Gasteiger partial charge in [0.05, 0.1) is 20.1 Å². The van der Waals surface area contributed by atoms with Gasteiger partial charge in [-0.05, 0) is 24.3 Å². The molecule has 0 aliphatic rings. The highest BCUT2D eigenvalue weighted by atomic mass is 16.7. The van der Waals surface area contributed by atoms with Crippen molar-refractivity contribution in [2.75, 3.05) is 26.5 Å². The van der Waals surface area contributed by atoms with Gasteiger partial charge in [-0.15, -0.1) is 0 Å². The van der Waals surface area contributed by atoms with Gasteiger partial charge < -0.3 is 10.5 Å². The lowest BCUT2D eigenvalue weighted by Crippen LogP contribution is -2.26. The molecule has 5 nitrogen and oxygen atoms in total. The van der Waals surface area contributed by atoms with Crippen LogP contribution in [0, 0.1) is 0 Å². The fourth-order valence-electron chi connectivity index (χ4n) is 1.08. The zero-order valence-corrected chi connectivity index (χ0v) is 9.47. The van der Waals surface area contributed by atoms with E-state index in [1.807, 2.05) is 0 Å². The van der Waals surface area contributed by atoms with Crippen molar-refractivity contribution in [3.05, 3.63) is 24.3 Å². The Morgan fingerprint density at radius 3 is 2.56 bits per heavy atom. The fraction of sp³-hybridized carbons (Fsp3) is 0.364. The van der Waals surface area contributed by atoms with Crippen LogP contribution < -0.4 is 10.5 Å². The minimum Gasteiger partial charge on any atom is -0.493 e. The number of anilines is 1. The minimum atomic E-state index is -0.127. The van der Waals surface area contributed by atoms with Gasteiger partial charge in [0.2, 0.25) is 5.91 Å². The number of amides is 1.